The van der Waals surface area contributed by atoms with Gasteiger partial charge in [0, 0.05) is 41.9 Å². The van der Waals surface area contributed by atoms with Crippen molar-refractivity contribution in [1.29, 1.82) is 0 Å². The lowest BCUT2D eigenvalue weighted by atomic mass is 10.1. The number of amides is 1. The number of hydrogen-bond donors (Lipinski definition) is 1. The second-order valence-corrected chi connectivity index (χ2v) is 6.82. The molecular weight excluding hydrogens is 362 g/mol. The van der Waals surface area contributed by atoms with Crippen LogP contribution in [-0.2, 0) is 17.8 Å². The summed E-state index contributed by atoms with van der Waals surface area (Å²) in [6.07, 6.45) is 6.66. The van der Waals surface area contributed by atoms with Crippen LogP contribution in [-0.4, -0.2) is 15.5 Å². The lowest BCUT2D eigenvalue weighted by molar-refractivity contribution is -0.116. The molecule has 0 bridgehead atoms. The van der Waals surface area contributed by atoms with Crippen molar-refractivity contribution >= 4 is 22.5 Å². The number of nitrogens with zero attached hydrogens (tertiary/aromatic N) is 2. The molecular formula is C24H23N3O2. The Morgan fingerprint density at radius 3 is 2.62 bits per heavy atom. The van der Waals surface area contributed by atoms with Gasteiger partial charge in [0.1, 0.15) is 11.5 Å². The number of hydrogen-bond acceptors (Lipinski definition) is 3. The van der Waals surface area contributed by atoms with Crippen molar-refractivity contribution < 1.29 is 9.53 Å². The van der Waals surface area contributed by atoms with Crippen molar-refractivity contribution in [2.45, 2.75) is 26.3 Å². The Balaban J connectivity index is 1.35. The van der Waals surface area contributed by atoms with Crippen molar-refractivity contribution in [1.82, 2.24) is 9.55 Å². The maximum Gasteiger partial charge on any atom is 0.224 e. The molecule has 4 rings (SSSR count). The maximum atomic E-state index is 12.4. The van der Waals surface area contributed by atoms with Crippen molar-refractivity contribution in [3.05, 3.63) is 84.8 Å². The predicted octanol–water partition coefficient (Wildman–Crippen LogP) is 5.42. The molecule has 0 fully saturated rings. The molecule has 0 atom stereocenters. The van der Waals surface area contributed by atoms with E-state index in [4.69, 9.17) is 4.74 Å². The highest BCUT2D eigenvalue weighted by Crippen LogP contribution is 2.24. The van der Waals surface area contributed by atoms with Crippen molar-refractivity contribution in [2.24, 2.45) is 0 Å². The van der Waals surface area contributed by atoms with E-state index in [2.05, 4.69) is 40.1 Å². The fraction of sp³-hybridized carbons (Fsp3) is 0.167. The van der Waals surface area contributed by atoms with Crippen LogP contribution in [0.1, 0.15) is 18.9 Å². The topological polar surface area (TPSA) is 56.2 Å². The zero-order chi connectivity index (χ0) is 20.1. The van der Waals surface area contributed by atoms with Gasteiger partial charge < -0.3 is 14.6 Å². The lowest BCUT2D eigenvalue weighted by Crippen LogP contribution is -2.12. The maximum absolute atomic E-state index is 12.4. The van der Waals surface area contributed by atoms with Gasteiger partial charge in [-0.1, -0.05) is 18.2 Å². The summed E-state index contributed by atoms with van der Waals surface area (Å²) in [5, 5.41) is 4.18. The number of rotatable bonds is 7. The van der Waals surface area contributed by atoms with E-state index in [0.29, 0.717) is 24.3 Å². The van der Waals surface area contributed by atoms with E-state index in [-0.39, 0.29) is 5.91 Å². The molecule has 1 N–H and O–H groups in total. The van der Waals surface area contributed by atoms with Crippen LogP contribution in [0, 0.1) is 0 Å². The zero-order valence-electron chi connectivity index (χ0n) is 16.3. The highest BCUT2D eigenvalue weighted by molar-refractivity contribution is 5.91. The van der Waals surface area contributed by atoms with Crippen LogP contribution in [0.15, 0.2) is 79.3 Å². The fourth-order valence-corrected chi connectivity index (χ4v) is 3.41. The van der Waals surface area contributed by atoms with Gasteiger partial charge in [-0.05, 0) is 61.4 Å². The van der Waals surface area contributed by atoms with E-state index in [1.807, 2.05) is 48.5 Å². The monoisotopic (exact) mass is 385 g/mol. The molecule has 0 radical (unpaired) electrons. The summed E-state index contributed by atoms with van der Waals surface area (Å²) < 4.78 is 7.95. The van der Waals surface area contributed by atoms with Gasteiger partial charge in [0.15, 0.2) is 0 Å². The molecule has 0 aliphatic rings. The summed E-state index contributed by atoms with van der Waals surface area (Å²) in [6, 6.07) is 19.3. The Morgan fingerprint density at radius 1 is 1.03 bits per heavy atom. The minimum Gasteiger partial charge on any atom is -0.456 e. The summed E-state index contributed by atoms with van der Waals surface area (Å²) in [6.45, 7) is 3.05. The first-order chi connectivity index (χ1) is 14.2. The van der Waals surface area contributed by atoms with Gasteiger partial charge in [0.2, 0.25) is 5.91 Å². The third-order valence-corrected chi connectivity index (χ3v) is 4.84. The summed E-state index contributed by atoms with van der Waals surface area (Å²) >= 11 is 0. The molecule has 2 heterocycles. The first kappa shape index (κ1) is 18.7. The second-order valence-electron chi connectivity index (χ2n) is 6.82. The van der Waals surface area contributed by atoms with Crippen LogP contribution < -0.4 is 10.1 Å². The van der Waals surface area contributed by atoms with Gasteiger partial charge in [-0.2, -0.15) is 0 Å². The highest BCUT2D eigenvalue weighted by Gasteiger charge is 2.10. The van der Waals surface area contributed by atoms with Crippen LogP contribution in [0.2, 0.25) is 0 Å². The van der Waals surface area contributed by atoms with Crippen LogP contribution in [0.3, 0.4) is 0 Å². The number of ether oxygens (including phenoxy) is 1. The molecule has 1 amide bonds. The average Bonchev–Trinajstić information content (AvgIpc) is 3.12. The summed E-state index contributed by atoms with van der Waals surface area (Å²) in [7, 11) is 0. The van der Waals surface area contributed by atoms with Gasteiger partial charge in [-0.3, -0.25) is 9.78 Å². The molecule has 2 aromatic heterocycles. The van der Waals surface area contributed by atoms with E-state index >= 15 is 0 Å². The normalized spacial score (nSPS) is 10.8. The fourth-order valence-electron chi connectivity index (χ4n) is 3.41. The molecule has 0 aliphatic heterocycles. The molecule has 0 saturated heterocycles. The molecule has 5 nitrogen and oxygen atoms in total. The number of benzene rings is 2. The number of carbonyl (C=O) groups excluding carboxylic acids is 1. The Hall–Kier alpha value is -3.60. The first-order valence-corrected chi connectivity index (χ1v) is 9.77. The smallest absolute Gasteiger partial charge is 0.224 e. The summed E-state index contributed by atoms with van der Waals surface area (Å²) in [5.74, 6) is 1.37. The first-order valence-electron chi connectivity index (χ1n) is 9.77. The third-order valence-electron chi connectivity index (χ3n) is 4.84. The lowest BCUT2D eigenvalue weighted by Gasteiger charge is -2.08. The largest absolute Gasteiger partial charge is 0.456 e. The molecule has 0 aliphatic carbocycles. The van der Waals surface area contributed by atoms with E-state index in [9.17, 15) is 4.79 Å². The Kier molecular flexibility index (Phi) is 5.56. The Bertz CT molecular complexity index is 1100. The number of nitrogens with one attached hydrogen (secondary N) is 1. The number of para-hydroxylation sites is 1. The molecule has 4 aromatic rings. The molecule has 2 aromatic carbocycles. The van der Waals surface area contributed by atoms with E-state index in [1.54, 1.807) is 12.4 Å². The van der Waals surface area contributed by atoms with Crippen molar-refractivity contribution in [3.63, 3.8) is 0 Å². The van der Waals surface area contributed by atoms with Gasteiger partial charge in [0.05, 0.1) is 6.20 Å². The molecule has 146 valence electrons. The van der Waals surface area contributed by atoms with Gasteiger partial charge in [-0.15, -0.1) is 0 Å². The predicted molar refractivity (Wildman–Crippen MR) is 115 cm³/mol. The summed E-state index contributed by atoms with van der Waals surface area (Å²) in [4.78, 5) is 16.4. The number of fused-ring (bicyclic) bond motifs is 1. The van der Waals surface area contributed by atoms with Crippen LogP contribution in [0.4, 0.5) is 5.69 Å². The Morgan fingerprint density at radius 2 is 1.86 bits per heavy atom. The number of aromatic nitrogens is 2. The molecule has 29 heavy (non-hydrogen) atoms. The number of pyridine rings is 1. The average molecular weight is 385 g/mol. The molecule has 0 spiro atoms. The second kappa shape index (κ2) is 8.61. The quantitative estimate of drug-likeness (QED) is 0.462. The van der Waals surface area contributed by atoms with Crippen LogP contribution in [0.5, 0.6) is 11.5 Å². The minimum absolute atomic E-state index is 0.000688. The van der Waals surface area contributed by atoms with Crippen LogP contribution in [0.25, 0.3) is 10.9 Å². The minimum atomic E-state index is -0.000688. The molecule has 5 heteroatoms. The van der Waals surface area contributed by atoms with Gasteiger partial charge >= 0.3 is 0 Å². The van der Waals surface area contributed by atoms with E-state index < -0.39 is 0 Å². The van der Waals surface area contributed by atoms with Gasteiger partial charge in [-0.25, -0.2) is 0 Å². The van der Waals surface area contributed by atoms with Gasteiger partial charge in [0.25, 0.3) is 0 Å². The Labute approximate surface area is 170 Å². The molecule has 0 saturated carbocycles. The molecule has 0 unspecified atom stereocenters. The van der Waals surface area contributed by atoms with Crippen molar-refractivity contribution in [3.8, 4) is 11.5 Å². The summed E-state index contributed by atoms with van der Waals surface area (Å²) in [5.41, 5.74) is 3.18. The number of carbonyl (C=O) groups is 1. The number of anilines is 1. The third kappa shape index (κ3) is 4.46. The zero-order valence-corrected chi connectivity index (χ0v) is 16.3. The van der Waals surface area contributed by atoms with E-state index in [1.165, 1.54) is 16.5 Å². The van der Waals surface area contributed by atoms with Crippen molar-refractivity contribution in [2.75, 3.05) is 5.32 Å². The van der Waals surface area contributed by atoms with Crippen LogP contribution >= 0.6 is 0 Å². The highest BCUT2D eigenvalue weighted by atomic mass is 16.5. The number of aryl methyl sites for hydroxylation is 2. The van der Waals surface area contributed by atoms with E-state index in [0.717, 1.165) is 12.2 Å². The standard InChI is InChI=1S/C24H23N3O2/c1-2-27-17-18(22-7-3-4-8-23(22)27)9-14-24(28)26-19-10-12-20(13-11-19)29-21-6-5-15-25-16-21/h3-8,10-13,15-17H,2,9,14H2,1H3,(H,26,28). The SMILES string of the molecule is CCn1cc(CCC(=O)Nc2ccc(Oc3cccnc3)cc2)c2ccccc21.